The summed E-state index contributed by atoms with van der Waals surface area (Å²) in [5.74, 6) is 0.856. The Hall–Kier alpha value is -1.41. The number of nitrogens with zero attached hydrogens (tertiary/aromatic N) is 4. The van der Waals surface area contributed by atoms with Crippen LogP contribution in [-0.2, 0) is 28.2 Å². The number of aryl methyl sites for hydroxylation is 1. The van der Waals surface area contributed by atoms with Gasteiger partial charge in [0.25, 0.3) is 0 Å². The fourth-order valence-corrected chi connectivity index (χ4v) is 5.71. The zero-order valence-electron chi connectivity index (χ0n) is 15.1. The number of carbonyl (C=O) groups is 1. The van der Waals surface area contributed by atoms with Crippen LogP contribution in [0.3, 0.4) is 0 Å². The summed E-state index contributed by atoms with van der Waals surface area (Å²) in [6.45, 7) is 4.94. The molecule has 2 aliphatic heterocycles. The Kier molecular flexibility index (Phi) is 5.48. The van der Waals surface area contributed by atoms with E-state index in [4.69, 9.17) is 0 Å². The summed E-state index contributed by atoms with van der Waals surface area (Å²) >= 11 is 0. The highest BCUT2D eigenvalue weighted by molar-refractivity contribution is 7.91. The fourth-order valence-electron chi connectivity index (χ4n) is 3.95. The molecule has 2 saturated heterocycles. The summed E-state index contributed by atoms with van der Waals surface area (Å²) in [4.78, 5) is 17.0. The Morgan fingerprint density at radius 3 is 2.56 bits per heavy atom. The zero-order valence-corrected chi connectivity index (χ0v) is 15.9. The van der Waals surface area contributed by atoms with Crippen LogP contribution in [0.5, 0.6) is 0 Å². The van der Waals surface area contributed by atoms with E-state index >= 15 is 0 Å². The predicted molar refractivity (Wildman–Crippen MR) is 95.7 cm³/mol. The van der Waals surface area contributed by atoms with Crippen LogP contribution in [-0.4, -0.2) is 71.1 Å². The van der Waals surface area contributed by atoms with E-state index in [1.807, 2.05) is 25.1 Å². The Morgan fingerprint density at radius 1 is 1.32 bits per heavy atom. The van der Waals surface area contributed by atoms with Crippen LogP contribution in [0.2, 0.25) is 0 Å². The normalized spacial score (nSPS) is 24.5. The van der Waals surface area contributed by atoms with Gasteiger partial charge in [-0.05, 0) is 39.3 Å². The molecule has 0 bridgehead atoms. The molecule has 1 atom stereocenters. The molecule has 1 amide bonds. The van der Waals surface area contributed by atoms with Gasteiger partial charge in [-0.15, -0.1) is 0 Å². The SMILES string of the molecule is CCN(Cc1cnn(C)c1)C(=O)C1CCN([C@@H]2CCS(=O)(=O)C2)CC1. The maximum absolute atomic E-state index is 12.9. The topological polar surface area (TPSA) is 75.5 Å². The first-order valence-corrected chi connectivity index (χ1v) is 10.9. The lowest BCUT2D eigenvalue weighted by Gasteiger charge is -2.36. The molecule has 3 rings (SSSR count). The molecule has 7 nitrogen and oxygen atoms in total. The minimum atomic E-state index is -2.85. The summed E-state index contributed by atoms with van der Waals surface area (Å²) in [6, 6.07) is 0.152. The third kappa shape index (κ3) is 4.41. The van der Waals surface area contributed by atoms with Crippen LogP contribution in [0.4, 0.5) is 0 Å². The molecule has 0 saturated carbocycles. The summed E-state index contributed by atoms with van der Waals surface area (Å²) in [7, 11) is -0.974. The van der Waals surface area contributed by atoms with E-state index in [2.05, 4.69) is 10.00 Å². The van der Waals surface area contributed by atoms with E-state index in [0.29, 0.717) is 18.8 Å². The summed E-state index contributed by atoms with van der Waals surface area (Å²) in [5, 5.41) is 4.16. The van der Waals surface area contributed by atoms with Crippen molar-refractivity contribution in [1.29, 1.82) is 0 Å². The van der Waals surface area contributed by atoms with E-state index in [1.165, 1.54) is 0 Å². The zero-order chi connectivity index (χ0) is 18.0. The molecule has 0 radical (unpaired) electrons. The first kappa shape index (κ1) is 18.4. The number of amides is 1. The van der Waals surface area contributed by atoms with Crippen LogP contribution in [0.15, 0.2) is 12.4 Å². The molecular weight excluding hydrogens is 340 g/mol. The van der Waals surface area contributed by atoms with E-state index < -0.39 is 9.84 Å². The van der Waals surface area contributed by atoms with Crippen LogP contribution in [0.25, 0.3) is 0 Å². The second-order valence-electron chi connectivity index (χ2n) is 7.24. The minimum Gasteiger partial charge on any atom is -0.338 e. The molecule has 0 unspecified atom stereocenters. The minimum absolute atomic E-state index is 0.0471. The molecule has 2 fully saturated rings. The molecule has 8 heteroatoms. The molecule has 3 heterocycles. The monoisotopic (exact) mass is 368 g/mol. The van der Waals surface area contributed by atoms with Crippen LogP contribution in [0.1, 0.15) is 31.7 Å². The summed E-state index contributed by atoms with van der Waals surface area (Å²) < 4.78 is 25.1. The molecule has 140 valence electrons. The van der Waals surface area contributed by atoms with Gasteiger partial charge in [-0.25, -0.2) is 8.42 Å². The molecule has 25 heavy (non-hydrogen) atoms. The lowest BCUT2D eigenvalue weighted by atomic mass is 9.94. The molecule has 0 N–H and O–H groups in total. The highest BCUT2D eigenvalue weighted by Gasteiger charge is 2.36. The van der Waals surface area contributed by atoms with Gasteiger partial charge in [0.1, 0.15) is 0 Å². The van der Waals surface area contributed by atoms with Crippen molar-refractivity contribution in [3.8, 4) is 0 Å². The number of carbonyl (C=O) groups excluding carboxylic acids is 1. The number of sulfone groups is 1. The standard InChI is InChI=1S/C17H28N4O3S/c1-3-20(12-14-10-18-19(2)11-14)17(22)15-4-7-21(8-5-15)16-6-9-25(23,24)13-16/h10-11,15-16H,3-9,12-13H2,1-2H3/t16-/m1/s1. The van der Waals surface area contributed by atoms with Crippen molar-refractivity contribution in [3.05, 3.63) is 18.0 Å². The van der Waals surface area contributed by atoms with Gasteiger partial charge in [-0.3, -0.25) is 14.4 Å². The van der Waals surface area contributed by atoms with E-state index in [0.717, 1.165) is 37.9 Å². The third-order valence-corrected chi connectivity index (χ3v) is 7.18. The van der Waals surface area contributed by atoms with Gasteiger partial charge in [0.15, 0.2) is 9.84 Å². The average molecular weight is 369 g/mol. The van der Waals surface area contributed by atoms with Gasteiger partial charge in [-0.2, -0.15) is 5.10 Å². The summed E-state index contributed by atoms with van der Waals surface area (Å²) in [6.07, 6.45) is 6.12. The van der Waals surface area contributed by atoms with Gasteiger partial charge < -0.3 is 4.90 Å². The van der Waals surface area contributed by atoms with Gasteiger partial charge in [0, 0.05) is 43.9 Å². The van der Waals surface area contributed by atoms with Crippen molar-refractivity contribution in [2.45, 2.75) is 38.8 Å². The van der Waals surface area contributed by atoms with Crippen LogP contribution >= 0.6 is 0 Å². The molecule has 0 aromatic carbocycles. The number of aromatic nitrogens is 2. The van der Waals surface area contributed by atoms with Crippen molar-refractivity contribution in [1.82, 2.24) is 19.6 Å². The molecule has 2 aliphatic rings. The smallest absolute Gasteiger partial charge is 0.226 e. The molecule has 0 spiro atoms. The summed E-state index contributed by atoms with van der Waals surface area (Å²) in [5.41, 5.74) is 1.05. The number of piperidine rings is 1. The van der Waals surface area contributed by atoms with Crippen molar-refractivity contribution < 1.29 is 13.2 Å². The fraction of sp³-hybridized carbons (Fsp3) is 0.765. The van der Waals surface area contributed by atoms with Crippen LogP contribution < -0.4 is 0 Å². The average Bonchev–Trinajstić information content (AvgIpc) is 3.17. The number of hydrogen-bond acceptors (Lipinski definition) is 5. The van der Waals surface area contributed by atoms with Crippen molar-refractivity contribution in [2.75, 3.05) is 31.1 Å². The molecular formula is C17H28N4O3S. The Bertz CT molecular complexity index is 707. The lowest BCUT2D eigenvalue weighted by molar-refractivity contribution is -0.137. The first-order valence-electron chi connectivity index (χ1n) is 9.08. The highest BCUT2D eigenvalue weighted by Crippen LogP contribution is 2.26. The van der Waals surface area contributed by atoms with E-state index in [9.17, 15) is 13.2 Å². The van der Waals surface area contributed by atoms with Crippen molar-refractivity contribution in [2.24, 2.45) is 13.0 Å². The predicted octanol–water partition coefficient (Wildman–Crippen LogP) is 0.668. The largest absolute Gasteiger partial charge is 0.338 e. The van der Waals surface area contributed by atoms with Crippen molar-refractivity contribution >= 4 is 15.7 Å². The van der Waals surface area contributed by atoms with E-state index in [1.54, 1.807) is 10.9 Å². The van der Waals surface area contributed by atoms with Gasteiger partial charge >= 0.3 is 0 Å². The van der Waals surface area contributed by atoms with E-state index in [-0.39, 0.29) is 23.6 Å². The molecule has 1 aromatic heterocycles. The second-order valence-corrected chi connectivity index (χ2v) is 9.47. The van der Waals surface area contributed by atoms with Gasteiger partial charge in [0.05, 0.1) is 17.7 Å². The quantitative estimate of drug-likeness (QED) is 0.763. The maximum Gasteiger partial charge on any atom is 0.226 e. The number of hydrogen-bond donors (Lipinski definition) is 0. The number of likely N-dealkylation sites (tertiary alicyclic amines) is 1. The highest BCUT2D eigenvalue weighted by atomic mass is 32.2. The Balaban J connectivity index is 1.53. The maximum atomic E-state index is 12.9. The van der Waals surface area contributed by atoms with Crippen LogP contribution in [0, 0.1) is 5.92 Å². The Morgan fingerprint density at radius 2 is 2.04 bits per heavy atom. The second kappa shape index (κ2) is 7.45. The Labute approximate surface area is 149 Å². The molecule has 0 aliphatic carbocycles. The third-order valence-electron chi connectivity index (χ3n) is 5.43. The van der Waals surface area contributed by atoms with Crippen molar-refractivity contribution in [3.63, 3.8) is 0 Å². The van der Waals surface area contributed by atoms with Gasteiger partial charge in [-0.1, -0.05) is 0 Å². The molecule has 1 aromatic rings. The van der Waals surface area contributed by atoms with Gasteiger partial charge in [0.2, 0.25) is 5.91 Å². The first-order chi connectivity index (χ1) is 11.9. The lowest BCUT2D eigenvalue weighted by Crippen LogP contribution is -2.46. The number of rotatable bonds is 5.